The first-order valence-corrected chi connectivity index (χ1v) is 11.9. The fourth-order valence-corrected chi connectivity index (χ4v) is 5.06. The molecule has 4 aromatic carbocycles. The van der Waals surface area contributed by atoms with Gasteiger partial charge >= 0.3 is 0 Å². The maximum Gasteiger partial charge on any atom is 0.282 e. The van der Waals surface area contributed by atoms with Crippen LogP contribution < -0.4 is 15.6 Å². The van der Waals surface area contributed by atoms with Crippen LogP contribution in [-0.4, -0.2) is 26.7 Å². The lowest BCUT2D eigenvalue weighted by Crippen LogP contribution is -2.19. The minimum absolute atomic E-state index is 0.210. The van der Waals surface area contributed by atoms with Gasteiger partial charge in [-0.2, -0.15) is 4.52 Å². The number of aromatic nitrogens is 4. The van der Waals surface area contributed by atoms with E-state index in [-0.39, 0.29) is 5.56 Å². The molecule has 37 heavy (non-hydrogen) atoms. The average molecular weight is 484 g/mol. The second-order valence-electron chi connectivity index (χ2n) is 8.82. The van der Waals surface area contributed by atoms with E-state index in [0.717, 1.165) is 38.0 Å². The van der Waals surface area contributed by atoms with E-state index in [0.29, 0.717) is 28.6 Å². The first kappa shape index (κ1) is 21.1. The van der Waals surface area contributed by atoms with Crippen molar-refractivity contribution in [2.24, 2.45) is 0 Å². The van der Waals surface area contributed by atoms with Gasteiger partial charge in [0.25, 0.3) is 5.56 Å². The molecule has 0 bridgehead atoms. The van der Waals surface area contributed by atoms with Gasteiger partial charge in [-0.1, -0.05) is 66.7 Å². The molecule has 0 aliphatic rings. The molecule has 178 valence electrons. The number of hydrogen-bond acceptors (Lipinski definition) is 5. The number of rotatable bonds is 4. The van der Waals surface area contributed by atoms with Gasteiger partial charge in [-0.3, -0.25) is 9.89 Å². The summed E-state index contributed by atoms with van der Waals surface area (Å²) in [5, 5.41) is 11.9. The van der Waals surface area contributed by atoms with Crippen molar-refractivity contribution in [3.05, 3.63) is 108 Å². The molecule has 0 fully saturated rings. The van der Waals surface area contributed by atoms with Crippen LogP contribution in [-0.2, 0) is 0 Å². The van der Waals surface area contributed by atoms with Crippen LogP contribution in [0, 0.1) is 0 Å². The van der Waals surface area contributed by atoms with Gasteiger partial charge in [0, 0.05) is 11.6 Å². The maximum atomic E-state index is 14.1. The van der Waals surface area contributed by atoms with Gasteiger partial charge in [-0.25, -0.2) is 9.97 Å². The Bertz CT molecular complexity index is 2010. The molecule has 3 heterocycles. The number of pyridine rings is 1. The highest BCUT2D eigenvalue weighted by Gasteiger charge is 2.21. The van der Waals surface area contributed by atoms with Crippen molar-refractivity contribution >= 4 is 49.7 Å². The van der Waals surface area contributed by atoms with Crippen LogP contribution in [0.5, 0.6) is 5.75 Å². The lowest BCUT2D eigenvalue weighted by molar-refractivity contribution is 0.415. The molecule has 0 aliphatic carbocycles. The van der Waals surface area contributed by atoms with Crippen LogP contribution in [0.2, 0.25) is 0 Å². The number of nitrogens with one attached hydrogen (secondary N) is 2. The van der Waals surface area contributed by atoms with Gasteiger partial charge in [-0.15, -0.1) is 0 Å². The van der Waals surface area contributed by atoms with E-state index in [1.807, 2.05) is 66.7 Å². The second-order valence-corrected chi connectivity index (χ2v) is 8.82. The van der Waals surface area contributed by atoms with Gasteiger partial charge < -0.3 is 10.1 Å². The molecule has 7 aromatic rings. The van der Waals surface area contributed by atoms with E-state index in [1.54, 1.807) is 17.8 Å². The number of fused-ring (bicyclic) bond motifs is 8. The summed E-state index contributed by atoms with van der Waals surface area (Å²) in [6.45, 7) is 0. The Balaban J connectivity index is 1.62. The molecular formula is C30H21N5O2. The summed E-state index contributed by atoms with van der Waals surface area (Å²) in [7, 11) is 1.62. The average Bonchev–Trinajstić information content (AvgIpc) is 3.34. The van der Waals surface area contributed by atoms with E-state index in [9.17, 15) is 4.79 Å². The van der Waals surface area contributed by atoms with E-state index < -0.39 is 0 Å². The first-order valence-electron chi connectivity index (χ1n) is 11.9. The number of methoxy groups -OCH3 is 1. The summed E-state index contributed by atoms with van der Waals surface area (Å²) < 4.78 is 6.87. The summed E-state index contributed by atoms with van der Waals surface area (Å²) in [6.07, 6.45) is 1.70. The molecule has 0 saturated carbocycles. The Morgan fingerprint density at radius 3 is 2.19 bits per heavy atom. The van der Waals surface area contributed by atoms with E-state index >= 15 is 0 Å². The van der Waals surface area contributed by atoms with Crippen LogP contribution >= 0.6 is 0 Å². The van der Waals surface area contributed by atoms with Crippen molar-refractivity contribution in [3.63, 3.8) is 0 Å². The fraction of sp³-hybridized carbons (Fsp3) is 0.0333. The Kier molecular flexibility index (Phi) is 4.69. The van der Waals surface area contributed by atoms with Crippen molar-refractivity contribution in [1.82, 2.24) is 19.6 Å². The monoisotopic (exact) mass is 483 g/mol. The van der Waals surface area contributed by atoms with E-state index in [1.165, 1.54) is 0 Å². The summed E-state index contributed by atoms with van der Waals surface area (Å²) in [6, 6.07) is 29.4. The van der Waals surface area contributed by atoms with Crippen molar-refractivity contribution in [1.29, 1.82) is 0 Å². The van der Waals surface area contributed by atoms with Crippen molar-refractivity contribution in [2.45, 2.75) is 0 Å². The largest absolute Gasteiger partial charge is 0.497 e. The number of H-pyrrole nitrogens is 1. The summed E-state index contributed by atoms with van der Waals surface area (Å²) in [5.41, 5.74) is 2.37. The molecule has 0 aliphatic heterocycles. The third-order valence-corrected chi connectivity index (χ3v) is 6.75. The second kappa shape index (κ2) is 8.20. The Labute approximate surface area is 211 Å². The van der Waals surface area contributed by atoms with Gasteiger partial charge in [0.1, 0.15) is 17.4 Å². The zero-order chi connectivity index (χ0) is 24.9. The predicted octanol–water partition coefficient (Wildman–Crippen LogP) is 6.30. The number of hydrogen-bond donors (Lipinski definition) is 2. The number of aromatic amines is 1. The van der Waals surface area contributed by atoms with Gasteiger partial charge in [-0.05, 0) is 46.0 Å². The Morgan fingerprint density at radius 1 is 0.811 bits per heavy atom. The first-order chi connectivity index (χ1) is 18.2. The Hall–Kier alpha value is -5.17. The molecule has 0 amide bonds. The minimum atomic E-state index is -0.210. The topological polar surface area (TPSA) is 84.3 Å². The molecule has 3 aromatic heterocycles. The SMILES string of the molecule is COc1ccc(-c2c(Nc3ccccn3)nc3c4c5ccccc5c5ccccc5c4[nH]n3c2=O)cc1. The smallest absolute Gasteiger partial charge is 0.282 e. The lowest BCUT2D eigenvalue weighted by Gasteiger charge is -2.12. The van der Waals surface area contributed by atoms with Crippen molar-refractivity contribution in [3.8, 4) is 16.9 Å². The fourth-order valence-electron chi connectivity index (χ4n) is 5.06. The van der Waals surface area contributed by atoms with Crippen molar-refractivity contribution in [2.75, 3.05) is 12.4 Å². The summed E-state index contributed by atoms with van der Waals surface area (Å²) >= 11 is 0. The van der Waals surface area contributed by atoms with Gasteiger partial charge in [0.15, 0.2) is 5.65 Å². The standard InChI is InChI=1S/C30H21N5O2/c1-37-19-15-13-18(14-16-19)25-28(32-24-12-6-7-17-31-24)33-29-26-22-10-4-2-8-20(22)21-9-3-5-11-23(21)27(26)34-35(29)30(25)36/h2-17,34H,1H3,(H,31,32). The van der Waals surface area contributed by atoms with Crippen LogP contribution in [0.3, 0.4) is 0 Å². The zero-order valence-corrected chi connectivity index (χ0v) is 19.9. The van der Waals surface area contributed by atoms with E-state index in [2.05, 4.69) is 39.7 Å². The molecule has 0 spiro atoms. The maximum absolute atomic E-state index is 14.1. The quantitative estimate of drug-likeness (QED) is 0.287. The van der Waals surface area contributed by atoms with Crippen LogP contribution in [0.15, 0.2) is 102 Å². The van der Waals surface area contributed by atoms with Crippen LogP contribution in [0.25, 0.3) is 49.2 Å². The predicted molar refractivity (Wildman–Crippen MR) is 148 cm³/mol. The lowest BCUT2D eigenvalue weighted by atomic mass is 9.98. The third kappa shape index (κ3) is 3.25. The number of benzene rings is 4. The minimum Gasteiger partial charge on any atom is -0.497 e. The number of ether oxygens (including phenoxy) is 1. The van der Waals surface area contributed by atoms with Crippen molar-refractivity contribution < 1.29 is 4.74 Å². The number of nitrogens with zero attached hydrogens (tertiary/aromatic N) is 3. The van der Waals surface area contributed by atoms with Gasteiger partial charge in [0.05, 0.1) is 23.6 Å². The molecule has 7 rings (SSSR count). The molecule has 0 saturated heterocycles. The molecular weight excluding hydrogens is 462 g/mol. The highest BCUT2D eigenvalue weighted by molar-refractivity contribution is 6.27. The number of anilines is 2. The highest BCUT2D eigenvalue weighted by atomic mass is 16.5. The molecule has 0 radical (unpaired) electrons. The Morgan fingerprint density at radius 2 is 1.49 bits per heavy atom. The normalized spacial score (nSPS) is 11.5. The van der Waals surface area contributed by atoms with E-state index in [4.69, 9.17) is 9.72 Å². The highest BCUT2D eigenvalue weighted by Crippen LogP contribution is 2.37. The molecule has 2 N–H and O–H groups in total. The summed E-state index contributed by atoms with van der Waals surface area (Å²) in [5.74, 6) is 1.75. The van der Waals surface area contributed by atoms with Crippen LogP contribution in [0.4, 0.5) is 11.6 Å². The molecule has 7 heteroatoms. The third-order valence-electron chi connectivity index (χ3n) is 6.75. The zero-order valence-electron chi connectivity index (χ0n) is 19.9. The molecule has 0 atom stereocenters. The molecule has 7 nitrogen and oxygen atoms in total. The summed E-state index contributed by atoms with van der Waals surface area (Å²) in [4.78, 5) is 23.6. The molecule has 0 unspecified atom stereocenters. The van der Waals surface area contributed by atoms with Gasteiger partial charge in [0.2, 0.25) is 0 Å². The van der Waals surface area contributed by atoms with Crippen LogP contribution in [0.1, 0.15) is 0 Å².